The van der Waals surface area contributed by atoms with Gasteiger partial charge in [-0.2, -0.15) is 0 Å². The Labute approximate surface area is 371 Å². The normalized spacial score (nSPS) is 24.2. The second kappa shape index (κ2) is 17.6. The number of rotatable bonds is 8. The Morgan fingerprint density at radius 2 is 1.02 bits per heavy atom. The molecule has 0 unspecified atom stereocenters. The topological polar surface area (TPSA) is 73.8 Å². The highest BCUT2D eigenvalue weighted by atomic mass is 35.5. The fraction of sp³-hybridized carbons (Fsp3) is 0.435. The summed E-state index contributed by atoms with van der Waals surface area (Å²) in [4.78, 5) is 39.8. The van der Waals surface area contributed by atoms with Gasteiger partial charge in [-0.25, -0.2) is 4.39 Å². The third-order valence-corrected chi connectivity index (χ3v) is 13.9. The molecule has 60 heavy (non-hydrogen) atoms. The van der Waals surface area contributed by atoms with E-state index in [0.717, 1.165) is 47.0 Å². The molecule has 6 aliphatic rings. The minimum absolute atomic E-state index is 0.0313. The zero-order valence-corrected chi connectivity index (χ0v) is 36.3. The lowest BCUT2D eigenvalue weighted by molar-refractivity contribution is -0.123. The fourth-order valence-electron chi connectivity index (χ4n) is 9.47. The number of amides is 2. The molecule has 4 fully saturated rings. The van der Waals surface area contributed by atoms with E-state index in [1.165, 1.54) is 25.7 Å². The van der Waals surface area contributed by atoms with Crippen molar-refractivity contribution < 1.29 is 19.1 Å². The van der Waals surface area contributed by atoms with Crippen molar-refractivity contribution in [3.8, 4) is 0 Å². The average molecular weight is 895 g/mol. The number of fused-ring (bicyclic) bond motifs is 2. The van der Waals surface area contributed by atoms with Crippen molar-refractivity contribution >= 4 is 81.0 Å². The van der Waals surface area contributed by atoms with Crippen molar-refractivity contribution in [1.82, 2.24) is 9.80 Å². The number of hydrogen-bond acceptors (Lipinski definition) is 7. The Bertz CT molecular complexity index is 2090. The standard InChI is InChI=1S/C23H24Cl2FN3O.C23H25Cl2N3O2/c24-16-5-8-19(25)15(11-16)13-27-14-17(26)12-22(27)23(30)29-10-9-28(18-6-7-18)20-3-1-2-4-21(20)29;24-16-5-8-19(25)15(11-16)13-26-14-18(29)12-22(26)23(30)28-10-9-27(17-6-7-17)20-3-1-2-4-21(20)28/h1-5,8,11,17-18,22H,6-7,9-10,12-14H2;1-5,8,11,17-18,22,29H,6-7,9-10,12-14H2/t17-,22-;18-,22+/m01/s1. The summed E-state index contributed by atoms with van der Waals surface area (Å²) in [5.41, 5.74) is 5.85. The second-order valence-electron chi connectivity index (χ2n) is 16.9. The zero-order chi connectivity index (χ0) is 41.7. The van der Waals surface area contributed by atoms with Crippen LogP contribution in [0.25, 0.3) is 0 Å². The molecule has 0 radical (unpaired) electrons. The maximum Gasteiger partial charge on any atom is 0.244 e. The number of β-amino-alcohol motifs (C(OH)–C–C–N with tert-alkyl or cyclic N) is 1. The van der Waals surface area contributed by atoms with E-state index >= 15 is 0 Å². The summed E-state index contributed by atoms with van der Waals surface area (Å²) in [5, 5.41) is 12.8. The van der Waals surface area contributed by atoms with Gasteiger partial charge < -0.3 is 24.7 Å². The highest BCUT2D eigenvalue weighted by Crippen LogP contribution is 2.42. The molecule has 4 atom stereocenters. The van der Waals surface area contributed by atoms with Gasteiger partial charge >= 0.3 is 0 Å². The molecule has 2 saturated heterocycles. The number of likely N-dealkylation sites (tertiary alicyclic amines) is 2. The van der Waals surface area contributed by atoms with E-state index in [9.17, 15) is 19.1 Å². The largest absolute Gasteiger partial charge is 0.392 e. The smallest absolute Gasteiger partial charge is 0.244 e. The van der Waals surface area contributed by atoms with E-state index in [4.69, 9.17) is 46.4 Å². The van der Waals surface area contributed by atoms with Gasteiger partial charge in [-0.05, 0) is 104 Å². The summed E-state index contributed by atoms with van der Waals surface area (Å²) < 4.78 is 14.4. The number of alkyl halides is 1. The molecule has 10 rings (SSSR count). The van der Waals surface area contributed by atoms with E-state index in [1.54, 1.807) is 30.3 Å². The summed E-state index contributed by atoms with van der Waals surface area (Å²) in [5.74, 6) is 0.0174. The summed E-state index contributed by atoms with van der Waals surface area (Å²) in [7, 11) is 0. The Morgan fingerprint density at radius 3 is 1.48 bits per heavy atom. The minimum atomic E-state index is -1.03. The maximum atomic E-state index is 14.4. The predicted molar refractivity (Wildman–Crippen MR) is 240 cm³/mol. The number of benzene rings is 4. The van der Waals surface area contributed by atoms with Gasteiger partial charge in [0.2, 0.25) is 11.8 Å². The van der Waals surface area contributed by atoms with E-state index in [-0.39, 0.29) is 30.8 Å². The Hall–Kier alpha value is -3.61. The van der Waals surface area contributed by atoms with E-state index < -0.39 is 18.3 Å². The molecule has 4 aromatic carbocycles. The van der Waals surface area contributed by atoms with E-state index in [2.05, 4.69) is 21.9 Å². The SMILES string of the molecule is O=C([C@@H]1C[C@@H](O)CN1Cc1cc(Cl)ccc1Cl)N1CCN(C2CC2)c2ccccc21.O=C([C@@H]1C[C@H](F)CN1Cc1cc(Cl)ccc1Cl)N1CCN(C2CC2)c2ccccc21. The van der Waals surface area contributed by atoms with Crippen LogP contribution in [0.4, 0.5) is 27.1 Å². The van der Waals surface area contributed by atoms with Crippen LogP contribution in [0.5, 0.6) is 0 Å². The summed E-state index contributed by atoms with van der Waals surface area (Å²) in [6.45, 7) is 4.53. The lowest BCUT2D eigenvalue weighted by Crippen LogP contribution is -2.51. The minimum Gasteiger partial charge on any atom is -0.392 e. The molecule has 2 amide bonds. The molecule has 2 saturated carbocycles. The van der Waals surface area contributed by atoms with Crippen LogP contribution in [0.15, 0.2) is 84.9 Å². The van der Waals surface area contributed by atoms with Crippen LogP contribution >= 0.6 is 46.4 Å². The van der Waals surface area contributed by atoms with E-state index in [0.29, 0.717) is 71.3 Å². The van der Waals surface area contributed by atoms with E-state index in [1.807, 2.05) is 62.1 Å². The van der Waals surface area contributed by atoms with Crippen molar-refractivity contribution in [2.75, 3.05) is 58.9 Å². The van der Waals surface area contributed by atoms with Crippen molar-refractivity contribution in [2.24, 2.45) is 0 Å². The second-order valence-corrected chi connectivity index (χ2v) is 18.6. The number of halogens is 5. The zero-order valence-electron chi connectivity index (χ0n) is 33.3. The first-order valence-electron chi connectivity index (χ1n) is 21.0. The average Bonchev–Trinajstić information content (AvgIpc) is 4.19. The number of hydrogen-bond donors (Lipinski definition) is 1. The Kier molecular flexibility index (Phi) is 12.3. The van der Waals surface area contributed by atoms with Gasteiger partial charge in [0.1, 0.15) is 6.17 Å². The van der Waals surface area contributed by atoms with Gasteiger partial charge in [-0.3, -0.25) is 19.4 Å². The third kappa shape index (κ3) is 8.85. The van der Waals surface area contributed by atoms with Gasteiger partial charge in [0.15, 0.2) is 0 Å². The lowest BCUT2D eigenvalue weighted by atomic mass is 10.1. The van der Waals surface area contributed by atoms with Crippen molar-refractivity contribution in [2.45, 2.75) is 88.1 Å². The fourth-order valence-corrected chi connectivity index (χ4v) is 10.2. The number of aliphatic hydroxyl groups excluding tert-OH is 1. The van der Waals surface area contributed by atoms with Gasteiger partial charge in [-0.1, -0.05) is 70.7 Å². The number of nitrogens with zero attached hydrogens (tertiary/aromatic N) is 6. The molecular weight excluding hydrogens is 845 g/mol. The van der Waals surface area contributed by atoms with Gasteiger partial charge in [0.25, 0.3) is 0 Å². The first kappa shape index (κ1) is 41.7. The van der Waals surface area contributed by atoms with Crippen LogP contribution in [0.1, 0.15) is 49.7 Å². The number of carbonyl (C=O) groups excluding carboxylic acids is 2. The molecule has 4 aliphatic heterocycles. The molecule has 14 heteroatoms. The first-order valence-corrected chi connectivity index (χ1v) is 22.6. The summed E-state index contributed by atoms with van der Waals surface area (Å²) in [6.07, 6.45) is 3.96. The summed E-state index contributed by atoms with van der Waals surface area (Å²) >= 11 is 24.9. The maximum absolute atomic E-state index is 14.4. The molecule has 0 bridgehead atoms. The predicted octanol–water partition coefficient (Wildman–Crippen LogP) is 8.87. The molecule has 316 valence electrons. The van der Waals surface area contributed by atoms with Gasteiger partial charge in [0.05, 0.1) is 40.9 Å². The molecule has 4 heterocycles. The Balaban J connectivity index is 0.000000154. The molecule has 4 aromatic rings. The lowest BCUT2D eigenvalue weighted by Gasteiger charge is -2.39. The number of para-hydroxylation sites is 4. The molecule has 9 nitrogen and oxygen atoms in total. The van der Waals surface area contributed by atoms with Gasteiger partial charge in [-0.15, -0.1) is 0 Å². The Morgan fingerprint density at radius 1 is 0.583 bits per heavy atom. The molecule has 2 aliphatic carbocycles. The number of anilines is 4. The molecule has 0 spiro atoms. The van der Waals surface area contributed by atoms with Crippen LogP contribution in [0, 0.1) is 0 Å². The monoisotopic (exact) mass is 892 g/mol. The highest BCUT2D eigenvalue weighted by molar-refractivity contribution is 6.34. The van der Waals surface area contributed by atoms with Crippen LogP contribution in [-0.4, -0.2) is 102 Å². The highest BCUT2D eigenvalue weighted by Gasteiger charge is 2.44. The molecule has 0 aromatic heterocycles. The van der Waals surface area contributed by atoms with Crippen molar-refractivity contribution in [1.29, 1.82) is 0 Å². The first-order chi connectivity index (χ1) is 29.0. The van der Waals surface area contributed by atoms with Crippen LogP contribution in [0.3, 0.4) is 0 Å². The summed E-state index contributed by atoms with van der Waals surface area (Å²) in [6, 6.07) is 27.2. The van der Waals surface area contributed by atoms with Crippen LogP contribution < -0.4 is 19.6 Å². The number of carbonyl (C=O) groups is 2. The van der Waals surface area contributed by atoms with Crippen LogP contribution in [-0.2, 0) is 22.7 Å². The van der Waals surface area contributed by atoms with Crippen molar-refractivity contribution in [3.63, 3.8) is 0 Å². The van der Waals surface area contributed by atoms with Crippen molar-refractivity contribution in [3.05, 3.63) is 116 Å². The molecular formula is C46H49Cl4FN6O3. The number of aliphatic hydroxyl groups is 1. The van der Waals surface area contributed by atoms with Gasteiger partial charge in [0, 0.05) is 91.0 Å². The quantitative estimate of drug-likeness (QED) is 0.190. The van der Waals surface area contributed by atoms with Crippen LogP contribution in [0.2, 0.25) is 20.1 Å². The third-order valence-electron chi connectivity index (χ3n) is 12.7. The molecule has 1 N–H and O–H groups in total.